The average molecular weight is 378 g/mol. The molecule has 0 spiro atoms. The number of nitrogens with zero attached hydrogens (tertiary/aromatic N) is 4. The molecular weight excluding hydrogens is 364 g/mol. The van der Waals surface area contributed by atoms with Crippen LogP contribution in [-0.4, -0.2) is 19.9 Å². The first-order chi connectivity index (χ1) is 13.0. The third-order valence-electron chi connectivity index (χ3n) is 4.06. The van der Waals surface area contributed by atoms with Crippen LogP contribution in [0.3, 0.4) is 0 Å². The first kappa shape index (κ1) is 17.0. The molecular formula is C19H14N4O3S. The van der Waals surface area contributed by atoms with E-state index in [2.05, 4.69) is 15.0 Å². The second kappa shape index (κ2) is 6.73. The first-order valence-electron chi connectivity index (χ1n) is 8.12. The van der Waals surface area contributed by atoms with Gasteiger partial charge >= 0.3 is 5.82 Å². The molecule has 0 fully saturated rings. The smallest absolute Gasteiger partial charge is 0.407 e. The lowest BCUT2D eigenvalue weighted by atomic mass is 10.0. The monoisotopic (exact) mass is 378 g/mol. The van der Waals surface area contributed by atoms with Crippen molar-refractivity contribution in [1.29, 1.82) is 0 Å². The fraction of sp³-hybridized carbons (Fsp3) is 0.105. The van der Waals surface area contributed by atoms with E-state index in [1.165, 1.54) is 23.7 Å². The van der Waals surface area contributed by atoms with Gasteiger partial charge in [0, 0.05) is 17.9 Å². The molecule has 3 heterocycles. The van der Waals surface area contributed by atoms with E-state index in [1.807, 2.05) is 36.6 Å². The molecule has 0 unspecified atom stereocenters. The van der Waals surface area contributed by atoms with Crippen molar-refractivity contribution in [3.8, 4) is 22.8 Å². The van der Waals surface area contributed by atoms with E-state index in [4.69, 9.17) is 4.74 Å². The minimum Gasteiger partial charge on any atom is -0.429 e. The number of thiophene rings is 1. The summed E-state index contributed by atoms with van der Waals surface area (Å²) in [5, 5.41) is 14.0. The van der Waals surface area contributed by atoms with Crippen molar-refractivity contribution < 1.29 is 9.66 Å². The largest absolute Gasteiger partial charge is 0.429 e. The summed E-state index contributed by atoms with van der Waals surface area (Å²) in [5.41, 5.74) is 3.63. The Labute approximate surface area is 158 Å². The average Bonchev–Trinajstić information content (AvgIpc) is 3.09. The minimum absolute atomic E-state index is 0.0478. The van der Waals surface area contributed by atoms with Gasteiger partial charge in [-0.25, -0.2) is 9.97 Å². The Morgan fingerprint density at radius 2 is 1.85 bits per heavy atom. The van der Waals surface area contributed by atoms with Crippen LogP contribution >= 0.6 is 11.3 Å². The van der Waals surface area contributed by atoms with Crippen LogP contribution in [0, 0.1) is 24.0 Å². The summed E-state index contributed by atoms with van der Waals surface area (Å²) in [6.45, 7) is 3.71. The summed E-state index contributed by atoms with van der Waals surface area (Å²) in [6.07, 6.45) is 1.39. The Hall–Kier alpha value is -3.39. The summed E-state index contributed by atoms with van der Waals surface area (Å²) in [5.74, 6) is -0.0221. The standard InChI is InChI=1S/C19H14N4O3S/c1-11-3-6-13(7-4-11)14-9-27-19-16(14)18(20-10-21-19)26-15-8-5-12(2)22-17(15)23(24)25/h3-10H,1-2H3. The van der Waals surface area contributed by atoms with Crippen LogP contribution in [0.4, 0.5) is 5.82 Å². The molecule has 0 saturated heterocycles. The summed E-state index contributed by atoms with van der Waals surface area (Å²) in [4.78, 5) is 24.0. The molecule has 0 N–H and O–H groups in total. The highest BCUT2D eigenvalue weighted by Crippen LogP contribution is 2.40. The number of ether oxygens (including phenoxy) is 1. The van der Waals surface area contributed by atoms with Crippen LogP contribution in [0.1, 0.15) is 11.3 Å². The normalized spacial score (nSPS) is 10.9. The molecule has 134 valence electrons. The second-order valence-corrected chi connectivity index (χ2v) is 6.87. The van der Waals surface area contributed by atoms with Crippen molar-refractivity contribution in [2.45, 2.75) is 13.8 Å². The predicted octanol–water partition coefficient (Wildman–Crippen LogP) is 5.07. The maximum Gasteiger partial charge on any atom is 0.407 e. The van der Waals surface area contributed by atoms with E-state index in [9.17, 15) is 10.1 Å². The summed E-state index contributed by atoms with van der Waals surface area (Å²) >= 11 is 1.47. The Morgan fingerprint density at radius 1 is 1.07 bits per heavy atom. The zero-order chi connectivity index (χ0) is 19.0. The van der Waals surface area contributed by atoms with Crippen LogP contribution in [-0.2, 0) is 0 Å². The van der Waals surface area contributed by atoms with Gasteiger partial charge in [0.15, 0.2) is 0 Å². The molecule has 0 aliphatic heterocycles. The molecule has 27 heavy (non-hydrogen) atoms. The molecule has 0 radical (unpaired) electrons. The quantitative estimate of drug-likeness (QED) is 0.364. The second-order valence-electron chi connectivity index (χ2n) is 6.01. The highest BCUT2D eigenvalue weighted by atomic mass is 32.1. The number of hydrogen-bond acceptors (Lipinski definition) is 7. The maximum atomic E-state index is 11.3. The number of rotatable bonds is 4. The van der Waals surface area contributed by atoms with Crippen molar-refractivity contribution in [2.75, 3.05) is 0 Å². The van der Waals surface area contributed by atoms with Crippen molar-refractivity contribution >= 4 is 27.4 Å². The Morgan fingerprint density at radius 3 is 2.59 bits per heavy atom. The molecule has 3 aromatic heterocycles. The molecule has 7 nitrogen and oxygen atoms in total. The van der Waals surface area contributed by atoms with Crippen molar-refractivity contribution in [1.82, 2.24) is 15.0 Å². The number of aromatic nitrogens is 3. The van der Waals surface area contributed by atoms with Crippen LogP contribution in [0.15, 0.2) is 48.1 Å². The van der Waals surface area contributed by atoms with Gasteiger partial charge in [-0.2, -0.15) is 0 Å². The molecule has 8 heteroatoms. The number of nitro groups is 1. The summed E-state index contributed by atoms with van der Waals surface area (Å²) < 4.78 is 5.83. The molecule has 4 aromatic rings. The number of benzene rings is 1. The summed E-state index contributed by atoms with van der Waals surface area (Å²) in [7, 11) is 0. The van der Waals surface area contributed by atoms with Crippen molar-refractivity contribution in [3.05, 3.63) is 69.5 Å². The molecule has 0 atom stereocenters. The molecule has 0 bridgehead atoms. The lowest BCUT2D eigenvalue weighted by Crippen LogP contribution is -1.99. The van der Waals surface area contributed by atoms with E-state index in [-0.39, 0.29) is 17.4 Å². The maximum absolute atomic E-state index is 11.3. The SMILES string of the molecule is Cc1ccc(-c2csc3ncnc(Oc4ccc(C)nc4[N+](=O)[O-])c23)cc1. The highest BCUT2D eigenvalue weighted by Gasteiger charge is 2.21. The lowest BCUT2D eigenvalue weighted by molar-refractivity contribution is -0.390. The van der Waals surface area contributed by atoms with Gasteiger partial charge in [-0.05, 0) is 34.5 Å². The van der Waals surface area contributed by atoms with Crippen LogP contribution in [0.2, 0.25) is 0 Å². The van der Waals surface area contributed by atoms with Crippen molar-refractivity contribution in [3.63, 3.8) is 0 Å². The van der Waals surface area contributed by atoms with E-state index in [0.29, 0.717) is 5.69 Å². The molecule has 1 aromatic carbocycles. The molecule has 0 amide bonds. The zero-order valence-electron chi connectivity index (χ0n) is 14.5. The van der Waals surface area contributed by atoms with Gasteiger partial charge in [-0.3, -0.25) is 0 Å². The van der Waals surface area contributed by atoms with E-state index < -0.39 is 4.92 Å². The Bertz CT molecular complexity index is 1160. The fourth-order valence-corrected chi connectivity index (χ4v) is 3.62. The minimum atomic E-state index is -0.560. The predicted molar refractivity (Wildman–Crippen MR) is 103 cm³/mol. The highest BCUT2D eigenvalue weighted by molar-refractivity contribution is 7.17. The van der Waals surface area contributed by atoms with E-state index in [0.717, 1.165) is 26.9 Å². The third kappa shape index (κ3) is 3.22. The van der Waals surface area contributed by atoms with Crippen LogP contribution in [0.25, 0.3) is 21.3 Å². The summed E-state index contributed by atoms with van der Waals surface area (Å²) in [6, 6.07) is 11.3. The number of fused-ring (bicyclic) bond motifs is 1. The van der Waals surface area contributed by atoms with Gasteiger partial charge in [0.25, 0.3) is 0 Å². The number of aryl methyl sites for hydroxylation is 2. The van der Waals surface area contributed by atoms with Gasteiger partial charge in [0.2, 0.25) is 11.6 Å². The van der Waals surface area contributed by atoms with Crippen LogP contribution < -0.4 is 4.74 Å². The van der Waals surface area contributed by atoms with Gasteiger partial charge in [-0.15, -0.1) is 11.3 Å². The fourth-order valence-electron chi connectivity index (χ4n) is 2.72. The van der Waals surface area contributed by atoms with Crippen molar-refractivity contribution in [2.24, 2.45) is 0 Å². The van der Waals surface area contributed by atoms with Gasteiger partial charge < -0.3 is 14.9 Å². The molecule has 0 saturated carbocycles. The lowest BCUT2D eigenvalue weighted by Gasteiger charge is -2.08. The number of pyridine rings is 1. The Balaban J connectivity index is 1.85. The van der Waals surface area contributed by atoms with E-state index in [1.54, 1.807) is 13.0 Å². The Kier molecular flexibility index (Phi) is 4.25. The van der Waals surface area contributed by atoms with Gasteiger partial charge in [-0.1, -0.05) is 29.8 Å². The van der Waals surface area contributed by atoms with Gasteiger partial charge in [0.1, 0.15) is 16.9 Å². The molecule has 4 rings (SSSR count). The number of hydrogen-bond donors (Lipinski definition) is 0. The zero-order valence-corrected chi connectivity index (χ0v) is 15.4. The molecule has 0 aliphatic rings. The van der Waals surface area contributed by atoms with E-state index >= 15 is 0 Å². The third-order valence-corrected chi connectivity index (χ3v) is 4.94. The first-order valence-corrected chi connectivity index (χ1v) is 9.00. The van der Waals surface area contributed by atoms with Gasteiger partial charge in [0.05, 0.1) is 5.39 Å². The molecule has 0 aliphatic carbocycles. The van der Waals surface area contributed by atoms with Crippen LogP contribution in [0.5, 0.6) is 11.6 Å². The topological polar surface area (TPSA) is 91.0 Å².